The summed E-state index contributed by atoms with van der Waals surface area (Å²) >= 11 is 0. The van der Waals surface area contributed by atoms with Crippen LogP contribution in [0.3, 0.4) is 0 Å². The summed E-state index contributed by atoms with van der Waals surface area (Å²) in [6.07, 6.45) is 1.44. The minimum absolute atomic E-state index is 0.184. The van der Waals surface area contributed by atoms with Crippen molar-refractivity contribution in [3.63, 3.8) is 0 Å². The Balaban J connectivity index is 2.43. The van der Waals surface area contributed by atoms with Crippen LogP contribution >= 0.6 is 0 Å². The molecule has 1 N–H and O–H groups in total. The first-order valence-corrected chi connectivity index (χ1v) is 13.6. The van der Waals surface area contributed by atoms with Crippen molar-refractivity contribution < 1.29 is 22.7 Å². The highest BCUT2D eigenvalue weighted by Gasteiger charge is 2.31. The number of nitrogens with one attached hydrogen (secondary N) is 1. The predicted molar refractivity (Wildman–Crippen MR) is 139 cm³/mol. The van der Waals surface area contributed by atoms with Gasteiger partial charge in [0.25, 0.3) is 0 Å². The summed E-state index contributed by atoms with van der Waals surface area (Å²) in [4.78, 5) is 28.2. The Hall–Kier alpha value is -3.07. The van der Waals surface area contributed by atoms with Crippen LogP contribution in [0.25, 0.3) is 0 Å². The molecule has 0 fully saturated rings. The Morgan fingerprint density at radius 2 is 1.77 bits per heavy atom. The fourth-order valence-corrected chi connectivity index (χ4v) is 4.57. The SMILES string of the molecule is CCC(C(=O)NCC(C)C)N(Cc1cccc(C)c1)C(=O)CN(c1cccc(OC)c1)S(C)(=O)=O. The summed E-state index contributed by atoms with van der Waals surface area (Å²) in [6, 6.07) is 13.5. The zero-order valence-electron chi connectivity index (χ0n) is 21.4. The van der Waals surface area contributed by atoms with Gasteiger partial charge in [0.2, 0.25) is 21.8 Å². The van der Waals surface area contributed by atoms with Crippen molar-refractivity contribution in [1.82, 2.24) is 10.2 Å². The number of amides is 2. The second-order valence-electron chi connectivity index (χ2n) is 9.04. The Morgan fingerprint density at radius 3 is 2.34 bits per heavy atom. The number of methoxy groups -OCH3 is 1. The minimum atomic E-state index is -3.80. The Bertz CT molecular complexity index is 1120. The van der Waals surface area contributed by atoms with Crippen molar-refractivity contribution >= 4 is 27.5 Å². The molecule has 2 aromatic rings. The van der Waals surface area contributed by atoms with Crippen LogP contribution in [0.4, 0.5) is 5.69 Å². The van der Waals surface area contributed by atoms with Crippen LogP contribution in [0.2, 0.25) is 0 Å². The van der Waals surface area contributed by atoms with Gasteiger partial charge in [0.15, 0.2) is 0 Å². The summed E-state index contributed by atoms with van der Waals surface area (Å²) in [5.41, 5.74) is 2.20. The second kappa shape index (κ2) is 12.6. The van der Waals surface area contributed by atoms with Crippen molar-refractivity contribution in [3.05, 3.63) is 59.7 Å². The average molecular weight is 504 g/mol. The molecule has 0 spiro atoms. The van der Waals surface area contributed by atoms with Crippen LogP contribution in [0.5, 0.6) is 5.75 Å². The molecule has 0 aliphatic rings. The molecule has 1 atom stereocenters. The summed E-state index contributed by atoms with van der Waals surface area (Å²) in [5, 5.41) is 2.91. The normalized spacial score (nSPS) is 12.2. The first-order valence-electron chi connectivity index (χ1n) is 11.7. The van der Waals surface area contributed by atoms with Gasteiger partial charge < -0.3 is 15.0 Å². The van der Waals surface area contributed by atoms with Crippen molar-refractivity contribution in [1.29, 1.82) is 0 Å². The van der Waals surface area contributed by atoms with Gasteiger partial charge in [0, 0.05) is 19.2 Å². The van der Waals surface area contributed by atoms with E-state index < -0.39 is 28.5 Å². The Morgan fingerprint density at radius 1 is 1.09 bits per heavy atom. The van der Waals surface area contributed by atoms with Crippen molar-refractivity contribution in [2.75, 3.05) is 30.8 Å². The third-order valence-corrected chi connectivity index (χ3v) is 6.67. The molecule has 0 aromatic heterocycles. The predicted octanol–water partition coefficient (Wildman–Crippen LogP) is 3.35. The summed E-state index contributed by atoms with van der Waals surface area (Å²) in [7, 11) is -2.31. The molecule has 0 saturated carbocycles. The number of sulfonamides is 1. The van der Waals surface area contributed by atoms with E-state index in [1.165, 1.54) is 12.0 Å². The molecule has 8 nitrogen and oxygen atoms in total. The van der Waals surface area contributed by atoms with E-state index in [-0.39, 0.29) is 18.4 Å². The van der Waals surface area contributed by atoms with E-state index in [0.29, 0.717) is 24.4 Å². The molecule has 0 saturated heterocycles. The number of carbonyl (C=O) groups is 2. The van der Waals surface area contributed by atoms with Gasteiger partial charge in [-0.25, -0.2) is 8.42 Å². The molecule has 0 heterocycles. The van der Waals surface area contributed by atoms with Crippen LogP contribution in [0.1, 0.15) is 38.3 Å². The van der Waals surface area contributed by atoms with Gasteiger partial charge in [0.1, 0.15) is 18.3 Å². The quantitative estimate of drug-likeness (QED) is 0.479. The number of benzene rings is 2. The average Bonchev–Trinajstić information content (AvgIpc) is 2.80. The van der Waals surface area contributed by atoms with E-state index in [1.807, 2.05) is 52.0 Å². The molecule has 2 aromatic carbocycles. The zero-order chi connectivity index (χ0) is 26.2. The van der Waals surface area contributed by atoms with Gasteiger partial charge in [-0.2, -0.15) is 0 Å². The summed E-state index contributed by atoms with van der Waals surface area (Å²) in [5.74, 6) is 0.00617. The van der Waals surface area contributed by atoms with E-state index in [1.54, 1.807) is 24.3 Å². The van der Waals surface area contributed by atoms with Gasteiger partial charge in [-0.3, -0.25) is 13.9 Å². The van der Waals surface area contributed by atoms with Crippen LogP contribution in [0.15, 0.2) is 48.5 Å². The Labute approximate surface area is 209 Å². The standard InChI is InChI=1S/C26H37N3O5S/c1-7-24(26(31)27-16-19(2)3)28(17-21-11-8-10-20(4)14-21)25(30)18-29(35(6,32)33)22-12-9-13-23(15-22)34-5/h8-15,19,24H,7,16-18H2,1-6H3,(H,27,31). The molecule has 1 unspecified atom stereocenters. The van der Waals surface area contributed by atoms with Gasteiger partial charge in [-0.15, -0.1) is 0 Å². The number of ether oxygens (including phenoxy) is 1. The number of hydrogen-bond donors (Lipinski definition) is 1. The first-order chi connectivity index (χ1) is 16.5. The zero-order valence-corrected chi connectivity index (χ0v) is 22.3. The minimum Gasteiger partial charge on any atom is -0.497 e. The maximum absolute atomic E-state index is 13.7. The highest BCUT2D eigenvalue weighted by molar-refractivity contribution is 7.92. The number of hydrogen-bond acceptors (Lipinski definition) is 5. The number of anilines is 1. The van der Waals surface area contributed by atoms with Gasteiger partial charge in [0.05, 0.1) is 19.1 Å². The van der Waals surface area contributed by atoms with E-state index in [4.69, 9.17) is 4.74 Å². The largest absolute Gasteiger partial charge is 0.497 e. The summed E-state index contributed by atoms with van der Waals surface area (Å²) < 4.78 is 31.6. The number of rotatable bonds is 12. The van der Waals surface area contributed by atoms with Crippen LogP contribution in [-0.2, 0) is 26.2 Å². The maximum Gasteiger partial charge on any atom is 0.244 e. The smallest absolute Gasteiger partial charge is 0.244 e. The lowest BCUT2D eigenvalue weighted by Crippen LogP contribution is -2.52. The van der Waals surface area contributed by atoms with Crippen molar-refractivity contribution in [2.45, 2.75) is 46.7 Å². The van der Waals surface area contributed by atoms with Crippen LogP contribution < -0.4 is 14.4 Å². The Kier molecular flexibility index (Phi) is 10.1. The summed E-state index contributed by atoms with van der Waals surface area (Å²) in [6.45, 7) is 8.02. The molecule has 192 valence electrons. The molecule has 0 radical (unpaired) electrons. The lowest BCUT2D eigenvalue weighted by molar-refractivity contribution is -0.140. The van der Waals surface area contributed by atoms with Crippen LogP contribution in [-0.4, -0.2) is 57.6 Å². The van der Waals surface area contributed by atoms with E-state index in [2.05, 4.69) is 5.32 Å². The molecule has 35 heavy (non-hydrogen) atoms. The second-order valence-corrected chi connectivity index (χ2v) is 11.0. The molecule has 0 aliphatic heterocycles. The molecule has 0 aliphatic carbocycles. The third-order valence-electron chi connectivity index (χ3n) is 5.53. The van der Waals surface area contributed by atoms with Crippen molar-refractivity contribution in [2.24, 2.45) is 5.92 Å². The van der Waals surface area contributed by atoms with Gasteiger partial charge in [-0.05, 0) is 37.0 Å². The van der Waals surface area contributed by atoms with Crippen LogP contribution in [0, 0.1) is 12.8 Å². The van der Waals surface area contributed by atoms with E-state index in [0.717, 1.165) is 21.7 Å². The number of aryl methyl sites for hydroxylation is 1. The highest BCUT2D eigenvalue weighted by atomic mass is 32.2. The molecule has 0 bridgehead atoms. The molecule has 2 amide bonds. The monoisotopic (exact) mass is 503 g/mol. The molecule has 9 heteroatoms. The number of nitrogens with zero attached hydrogens (tertiary/aromatic N) is 2. The van der Waals surface area contributed by atoms with Gasteiger partial charge >= 0.3 is 0 Å². The highest BCUT2D eigenvalue weighted by Crippen LogP contribution is 2.24. The fourth-order valence-electron chi connectivity index (χ4n) is 3.73. The maximum atomic E-state index is 13.7. The topological polar surface area (TPSA) is 96.0 Å². The lowest BCUT2D eigenvalue weighted by Gasteiger charge is -2.33. The first kappa shape index (κ1) is 28.2. The van der Waals surface area contributed by atoms with E-state index in [9.17, 15) is 18.0 Å². The third kappa shape index (κ3) is 8.28. The fraction of sp³-hybridized carbons (Fsp3) is 0.462. The van der Waals surface area contributed by atoms with Crippen molar-refractivity contribution in [3.8, 4) is 5.75 Å². The number of carbonyl (C=O) groups excluding carboxylic acids is 2. The lowest BCUT2D eigenvalue weighted by atomic mass is 10.1. The molecular weight excluding hydrogens is 466 g/mol. The molecule has 2 rings (SSSR count). The van der Waals surface area contributed by atoms with Gasteiger partial charge in [-0.1, -0.05) is 56.7 Å². The molecular formula is C26H37N3O5S. The van der Waals surface area contributed by atoms with E-state index >= 15 is 0 Å².